The summed E-state index contributed by atoms with van der Waals surface area (Å²) in [6.45, 7) is 0.243. The average molecular weight is 803 g/mol. The molecule has 3 fully saturated rings. The minimum absolute atomic E-state index is 0.0464. The molecule has 6 unspecified atom stereocenters. The second-order valence-electron chi connectivity index (χ2n) is 14.9. The number of nitrogens with zero attached hydrogens (tertiary/aromatic N) is 2. The molecule has 0 bridgehead atoms. The van der Waals surface area contributed by atoms with Gasteiger partial charge in [-0.25, -0.2) is 4.39 Å². The highest BCUT2D eigenvalue weighted by Crippen LogP contribution is 2.65. The number of imide groups is 2. The highest BCUT2D eigenvalue weighted by Gasteiger charge is 2.70. The van der Waals surface area contributed by atoms with E-state index >= 15 is 4.79 Å². The van der Waals surface area contributed by atoms with Crippen LogP contribution in [0, 0.1) is 29.5 Å². The van der Waals surface area contributed by atoms with E-state index in [0.717, 1.165) is 10.6 Å². The number of anilines is 2. The molecule has 2 heterocycles. The number of carbonyl (C=O) groups excluding carboxylic acids is 4. The number of hydrogen-bond acceptors (Lipinski definition) is 7. The lowest BCUT2D eigenvalue weighted by molar-refractivity contribution is -0.138. The van der Waals surface area contributed by atoms with Crippen LogP contribution in [0.15, 0.2) is 133 Å². The van der Waals surface area contributed by atoms with Crippen LogP contribution in [0.2, 0.25) is 10.0 Å². The van der Waals surface area contributed by atoms with Gasteiger partial charge in [0.2, 0.25) is 11.8 Å². The van der Waals surface area contributed by atoms with E-state index in [9.17, 15) is 23.9 Å². The van der Waals surface area contributed by atoms with Crippen LogP contribution < -0.4 is 15.1 Å². The van der Waals surface area contributed by atoms with Gasteiger partial charge in [0.05, 0.1) is 34.5 Å². The molecule has 4 amide bonds. The summed E-state index contributed by atoms with van der Waals surface area (Å²) in [6, 6.07) is 32.9. The fraction of sp³-hybridized carbons (Fsp3) is 0.200. The molecular weight excluding hydrogens is 768 g/mol. The number of nitrogens with one attached hydrogen (secondary N) is 1. The number of aromatic hydroxyl groups is 1. The predicted molar refractivity (Wildman–Crippen MR) is 212 cm³/mol. The molecule has 0 radical (unpaired) electrons. The zero-order valence-corrected chi connectivity index (χ0v) is 31.7. The van der Waals surface area contributed by atoms with Gasteiger partial charge in [-0.2, -0.15) is 5.01 Å². The van der Waals surface area contributed by atoms with Crippen LogP contribution in [0.4, 0.5) is 15.8 Å². The van der Waals surface area contributed by atoms with Gasteiger partial charge in [0.1, 0.15) is 23.9 Å². The Morgan fingerprint density at radius 1 is 0.789 bits per heavy atom. The highest BCUT2D eigenvalue weighted by atomic mass is 35.5. The Morgan fingerprint density at radius 2 is 1.47 bits per heavy atom. The van der Waals surface area contributed by atoms with Gasteiger partial charge in [0, 0.05) is 27.6 Å². The molecule has 2 N–H and O–H groups in total. The normalized spacial score (nSPS) is 25.2. The molecule has 0 spiro atoms. The van der Waals surface area contributed by atoms with Crippen LogP contribution in [0.3, 0.4) is 0 Å². The van der Waals surface area contributed by atoms with Crippen molar-refractivity contribution >= 4 is 58.2 Å². The van der Waals surface area contributed by atoms with Crippen molar-refractivity contribution in [3.8, 4) is 11.5 Å². The van der Waals surface area contributed by atoms with E-state index in [2.05, 4.69) is 5.43 Å². The maximum atomic E-state index is 15.4. The van der Waals surface area contributed by atoms with E-state index in [1.54, 1.807) is 60.7 Å². The summed E-state index contributed by atoms with van der Waals surface area (Å²) in [5.74, 6) is -6.52. The minimum atomic E-state index is -1.66. The molecule has 4 aliphatic rings. The van der Waals surface area contributed by atoms with Gasteiger partial charge in [-0.05, 0) is 96.6 Å². The number of benzene rings is 5. The van der Waals surface area contributed by atoms with E-state index in [1.165, 1.54) is 35.2 Å². The molecule has 2 aliphatic heterocycles. The number of fused-ring (bicyclic) bond motifs is 4. The van der Waals surface area contributed by atoms with Crippen LogP contribution in [0.1, 0.15) is 35.4 Å². The van der Waals surface area contributed by atoms with Crippen molar-refractivity contribution in [1.82, 2.24) is 5.01 Å². The number of hydrazine groups is 1. The molecule has 57 heavy (non-hydrogen) atoms. The number of ether oxygens (including phenoxy) is 1. The van der Waals surface area contributed by atoms with Gasteiger partial charge >= 0.3 is 0 Å². The van der Waals surface area contributed by atoms with Gasteiger partial charge in [0.15, 0.2) is 0 Å². The molecule has 6 atom stereocenters. The standard InChI is InChI=1S/C45H34Cl2FN3O6/c46-27-8-6-26(7-9-27)45-37(42(54)51(44(45)56)49-30-14-12-29(48)13-15-30)23-36-33(20-21-35-39(36)43(55)50(41(35)53)31-16-10-28(47)11-17-31)40(45)34-19-18-32(22-38(34)52)57-24-25-4-2-1-3-5-25/h1-20,22,35-37,39-40,49,52H,21,23-24H2. The quantitative estimate of drug-likeness (QED) is 0.119. The van der Waals surface area contributed by atoms with Crippen LogP contribution in [0.25, 0.3) is 0 Å². The molecule has 0 aromatic heterocycles. The maximum Gasteiger partial charge on any atom is 0.260 e. The lowest BCUT2D eigenvalue weighted by Crippen LogP contribution is -2.53. The summed E-state index contributed by atoms with van der Waals surface area (Å²) in [7, 11) is 0. The largest absolute Gasteiger partial charge is 0.508 e. The first kappa shape index (κ1) is 36.7. The summed E-state index contributed by atoms with van der Waals surface area (Å²) in [5, 5.41) is 13.8. The Balaban J connectivity index is 1.20. The fourth-order valence-electron chi connectivity index (χ4n) is 9.44. The monoisotopic (exact) mass is 801 g/mol. The minimum Gasteiger partial charge on any atom is -0.508 e. The second-order valence-corrected chi connectivity index (χ2v) is 15.7. The van der Waals surface area contributed by atoms with Crippen LogP contribution in [-0.4, -0.2) is 33.7 Å². The summed E-state index contributed by atoms with van der Waals surface area (Å²) in [5.41, 5.74) is 4.37. The Hall–Kier alpha value is -5.97. The third-order valence-electron chi connectivity index (χ3n) is 11.9. The molecule has 9 rings (SSSR count). The predicted octanol–water partition coefficient (Wildman–Crippen LogP) is 8.61. The van der Waals surface area contributed by atoms with Crippen molar-refractivity contribution in [2.75, 3.05) is 10.3 Å². The van der Waals surface area contributed by atoms with E-state index in [-0.39, 0.29) is 31.1 Å². The molecule has 9 nitrogen and oxygen atoms in total. The second kappa shape index (κ2) is 14.2. The first-order valence-corrected chi connectivity index (χ1v) is 19.3. The van der Waals surface area contributed by atoms with Crippen LogP contribution >= 0.6 is 23.2 Å². The topological polar surface area (TPSA) is 116 Å². The van der Waals surface area contributed by atoms with Crippen molar-refractivity contribution in [2.45, 2.75) is 30.8 Å². The van der Waals surface area contributed by atoms with E-state index < -0.39 is 58.5 Å². The van der Waals surface area contributed by atoms with Crippen molar-refractivity contribution in [3.05, 3.63) is 166 Å². The summed E-state index contributed by atoms with van der Waals surface area (Å²) < 4.78 is 20.0. The first-order valence-electron chi connectivity index (χ1n) is 18.6. The number of halogens is 3. The number of hydrogen-bond donors (Lipinski definition) is 2. The molecular formula is C45H34Cl2FN3O6. The molecule has 1 saturated carbocycles. The first-order chi connectivity index (χ1) is 27.6. The zero-order chi connectivity index (χ0) is 39.6. The molecule has 286 valence electrons. The van der Waals surface area contributed by atoms with Gasteiger partial charge < -0.3 is 9.84 Å². The van der Waals surface area contributed by atoms with Crippen LogP contribution in [-0.2, 0) is 31.2 Å². The Bertz CT molecular complexity index is 2460. The lowest BCUT2D eigenvalue weighted by atomic mass is 9.49. The summed E-state index contributed by atoms with van der Waals surface area (Å²) in [6.07, 6.45) is 2.15. The van der Waals surface area contributed by atoms with Gasteiger partial charge in [-0.1, -0.05) is 83.4 Å². The lowest BCUT2D eigenvalue weighted by Gasteiger charge is -2.50. The van der Waals surface area contributed by atoms with E-state index in [1.807, 2.05) is 36.4 Å². The highest BCUT2D eigenvalue weighted by molar-refractivity contribution is 6.31. The number of phenols is 1. The van der Waals surface area contributed by atoms with Crippen molar-refractivity contribution in [1.29, 1.82) is 0 Å². The third-order valence-corrected chi connectivity index (χ3v) is 12.4. The Morgan fingerprint density at radius 3 is 2.16 bits per heavy atom. The van der Waals surface area contributed by atoms with Crippen molar-refractivity contribution in [3.63, 3.8) is 0 Å². The molecule has 5 aromatic rings. The van der Waals surface area contributed by atoms with Gasteiger partial charge in [0.25, 0.3) is 11.8 Å². The van der Waals surface area contributed by atoms with Gasteiger partial charge in [-0.15, -0.1) is 0 Å². The fourth-order valence-corrected chi connectivity index (χ4v) is 9.69. The summed E-state index contributed by atoms with van der Waals surface area (Å²) in [4.78, 5) is 60.1. The van der Waals surface area contributed by atoms with Crippen molar-refractivity contribution < 1.29 is 33.4 Å². The maximum absolute atomic E-state index is 15.4. The molecule has 12 heteroatoms. The number of phenolic OH excluding ortho intramolecular Hbond substituents is 1. The molecule has 2 aliphatic carbocycles. The van der Waals surface area contributed by atoms with Crippen molar-refractivity contribution in [2.24, 2.45) is 23.7 Å². The van der Waals surface area contributed by atoms with E-state index in [0.29, 0.717) is 43.9 Å². The summed E-state index contributed by atoms with van der Waals surface area (Å²) >= 11 is 12.5. The van der Waals surface area contributed by atoms with E-state index in [4.69, 9.17) is 27.9 Å². The Labute approximate surface area is 337 Å². The zero-order valence-electron chi connectivity index (χ0n) is 30.1. The molecule has 5 aromatic carbocycles. The number of amides is 4. The average Bonchev–Trinajstić information content (AvgIpc) is 3.59. The third kappa shape index (κ3) is 5.97. The SMILES string of the molecule is O=C1C2CC3C(=CCC4C(=O)N(c5ccc(Cl)cc5)C(=O)C43)C(c3ccc(OCc4ccccc4)cc3O)C2(c2ccc(Cl)cc2)C(=O)N1Nc1ccc(F)cc1. The smallest absolute Gasteiger partial charge is 0.260 e. The van der Waals surface area contributed by atoms with Gasteiger partial charge in [-0.3, -0.25) is 29.5 Å². The Kier molecular flexibility index (Phi) is 9.13. The number of allylic oxidation sites excluding steroid dienone is 2. The number of rotatable bonds is 8. The number of carbonyl (C=O) groups is 4. The molecule has 2 saturated heterocycles. The van der Waals surface area contributed by atoms with Crippen LogP contribution in [0.5, 0.6) is 11.5 Å².